The summed E-state index contributed by atoms with van der Waals surface area (Å²) in [6, 6.07) is 15.1. The number of rotatable bonds is 7. The molecular weight excluding hydrogens is 367 g/mol. The van der Waals surface area contributed by atoms with Gasteiger partial charge in [-0.1, -0.05) is 53.5 Å². The molecule has 1 aliphatic heterocycles. The molecule has 0 spiro atoms. The minimum absolute atomic E-state index is 0.533. The van der Waals surface area contributed by atoms with Gasteiger partial charge in [-0.3, -0.25) is 4.90 Å². The van der Waals surface area contributed by atoms with E-state index in [2.05, 4.69) is 40.5 Å². The first kappa shape index (κ1) is 19.5. The number of benzene rings is 2. The molecule has 3 nitrogen and oxygen atoms in total. The molecule has 0 saturated carbocycles. The fourth-order valence-electron chi connectivity index (χ4n) is 3.40. The van der Waals surface area contributed by atoms with Crippen LogP contribution in [0.25, 0.3) is 0 Å². The fraction of sp³-hybridized carbons (Fsp3) is 0.429. The Morgan fingerprint density at radius 3 is 2.31 bits per heavy atom. The van der Waals surface area contributed by atoms with Crippen molar-refractivity contribution >= 4 is 23.2 Å². The van der Waals surface area contributed by atoms with Gasteiger partial charge in [0.1, 0.15) is 0 Å². The van der Waals surface area contributed by atoms with Crippen molar-refractivity contribution in [2.24, 2.45) is 0 Å². The van der Waals surface area contributed by atoms with Crippen LogP contribution in [0.4, 0.5) is 0 Å². The fourth-order valence-corrected chi connectivity index (χ4v) is 4.04. The van der Waals surface area contributed by atoms with Gasteiger partial charge < -0.3 is 10.1 Å². The molecular formula is C21H26Cl2N2O. The summed E-state index contributed by atoms with van der Waals surface area (Å²) in [5.41, 5.74) is 2.48. The van der Waals surface area contributed by atoms with E-state index >= 15 is 0 Å². The molecule has 0 radical (unpaired) electrons. The van der Waals surface area contributed by atoms with Crippen LogP contribution in [0, 0.1) is 0 Å². The van der Waals surface area contributed by atoms with E-state index in [0.29, 0.717) is 28.4 Å². The molecule has 3 rings (SSSR count). The molecule has 1 fully saturated rings. The van der Waals surface area contributed by atoms with E-state index in [9.17, 15) is 0 Å². The standard InChI is InChI=1S/C21H26Cl2N2O/c1-2-26-21-19(22)12-17(13-20(21)23)14-24-18-8-10-25(11-9-18)15-16-6-4-3-5-7-16/h3-7,12-13,18,24H,2,8-11,14-15H2,1H3. The van der Waals surface area contributed by atoms with Crippen LogP contribution in [0.2, 0.25) is 10.0 Å². The zero-order valence-corrected chi connectivity index (χ0v) is 16.7. The van der Waals surface area contributed by atoms with Crippen LogP contribution >= 0.6 is 23.2 Å². The smallest absolute Gasteiger partial charge is 0.156 e. The van der Waals surface area contributed by atoms with Gasteiger partial charge in [0.05, 0.1) is 16.7 Å². The minimum atomic E-state index is 0.533. The Kier molecular flexibility index (Phi) is 7.21. The average Bonchev–Trinajstić information content (AvgIpc) is 2.65. The Balaban J connectivity index is 1.46. The van der Waals surface area contributed by atoms with Crippen molar-refractivity contribution in [3.05, 3.63) is 63.6 Å². The first-order valence-electron chi connectivity index (χ1n) is 9.26. The van der Waals surface area contributed by atoms with Crippen molar-refractivity contribution in [3.8, 4) is 5.75 Å². The van der Waals surface area contributed by atoms with Crippen LogP contribution in [0.15, 0.2) is 42.5 Å². The molecule has 26 heavy (non-hydrogen) atoms. The third kappa shape index (κ3) is 5.37. The van der Waals surface area contributed by atoms with Crippen LogP contribution in [-0.4, -0.2) is 30.6 Å². The van der Waals surface area contributed by atoms with Crippen molar-refractivity contribution < 1.29 is 4.74 Å². The monoisotopic (exact) mass is 392 g/mol. The second kappa shape index (κ2) is 9.61. The summed E-state index contributed by atoms with van der Waals surface area (Å²) in [5, 5.41) is 4.80. The molecule has 0 unspecified atom stereocenters. The van der Waals surface area contributed by atoms with Crippen molar-refractivity contribution in [2.75, 3.05) is 19.7 Å². The third-order valence-corrected chi connectivity index (χ3v) is 5.34. The van der Waals surface area contributed by atoms with Gasteiger partial charge in [-0.25, -0.2) is 0 Å². The minimum Gasteiger partial charge on any atom is -0.491 e. The van der Waals surface area contributed by atoms with Crippen LogP contribution < -0.4 is 10.1 Å². The number of halogens is 2. The molecule has 0 bridgehead atoms. The van der Waals surface area contributed by atoms with Gasteiger partial charge in [0.15, 0.2) is 5.75 Å². The quantitative estimate of drug-likeness (QED) is 0.705. The highest BCUT2D eigenvalue weighted by atomic mass is 35.5. The summed E-state index contributed by atoms with van der Waals surface area (Å²) >= 11 is 12.6. The predicted molar refractivity (Wildman–Crippen MR) is 109 cm³/mol. The van der Waals surface area contributed by atoms with Gasteiger partial charge in [-0.15, -0.1) is 0 Å². The molecule has 0 aromatic heterocycles. The van der Waals surface area contributed by atoms with E-state index in [1.807, 2.05) is 19.1 Å². The summed E-state index contributed by atoms with van der Waals surface area (Å²) in [7, 11) is 0. The van der Waals surface area contributed by atoms with E-state index in [4.69, 9.17) is 27.9 Å². The van der Waals surface area contributed by atoms with Gasteiger partial charge in [0.25, 0.3) is 0 Å². The van der Waals surface area contributed by atoms with Crippen molar-refractivity contribution in [1.82, 2.24) is 10.2 Å². The van der Waals surface area contributed by atoms with E-state index in [-0.39, 0.29) is 0 Å². The number of piperidine rings is 1. The molecule has 5 heteroatoms. The summed E-state index contributed by atoms with van der Waals surface area (Å²) in [5.74, 6) is 0.578. The molecule has 1 aliphatic rings. The molecule has 0 atom stereocenters. The van der Waals surface area contributed by atoms with Crippen LogP contribution in [0.1, 0.15) is 30.9 Å². The predicted octanol–water partition coefficient (Wildman–Crippen LogP) is 5.15. The lowest BCUT2D eigenvalue weighted by atomic mass is 10.0. The Morgan fingerprint density at radius 1 is 1.04 bits per heavy atom. The average molecular weight is 393 g/mol. The Hall–Kier alpha value is -1.26. The van der Waals surface area contributed by atoms with Crippen LogP contribution in [0.5, 0.6) is 5.75 Å². The van der Waals surface area contributed by atoms with Crippen molar-refractivity contribution in [2.45, 2.75) is 38.9 Å². The van der Waals surface area contributed by atoms with E-state index < -0.39 is 0 Å². The number of hydrogen-bond acceptors (Lipinski definition) is 3. The summed E-state index contributed by atoms with van der Waals surface area (Å²) < 4.78 is 5.49. The van der Waals surface area contributed by atoms with Gasteiger partial charge in [-0.2, -0.15) is 0 Å². The molecule has 1 N–H and O–H groups in total. The Labute approximate surface area is 166 Å². The highest BCUT2D eigenvalue weighted by Crippen LogP contribution is 2.34. The molecule has 0 amide bonds. The van der Waals surface area contributed by atoms with Gasteiger partial charge in [0.2, 0.25) is 0 Å². The Bertz CT molecular complexity index is 677. The largest absolute Gasteiger partial charge is 0.491 e. The third-order valence-electron chi connectivity index (χ3n) is 4.78. The first-order valence-corrected chi connectivity index (χ1v) is 10.0. The highest BCUT2D eigenvalue weighted by molar-refractivity contribution is 6.37. The second-order valence-electron chi connectivity index (χ2n) is 6.74. The van der Waals surface area contributed by atoms with Crippen LogP contribution in [0.3, 0.4) is 0 Å². The van der Waals surface area contributed by atoms with Gasteiger partial charge in [-0.05, 0) is 56.1 Å². The molecule has 1 saturated heterocycles. The van der Waals surface area contributed by atoms with Gasteiger partial charge >= 0.3 is 0 Å². The molecule has 2 aromatic rings. The zero-order valence-electron chi connectivity index (χ0n) is 15.2. The summed E-state index contributed by atoms with van der Waals surface area (Å²) in [6.45, 7) is 6.53. The molecule has 1 heterocycles. The lowest BCUT2D eigenvalue weighted by Crippen LogP contribution is -2.41. The topological polar surface area (TPSA) is 24.5 Å². The molecule has 2 aromatic carbocycles. The highest BCUT2D eigenvalue weighted by Gasteiger charge is 2.19. The van der Waals surface area contributed by atoms with E-state index in [0.717, 1.165) is 44.6 Å². The first-order chi connectivity index (χ1) is 12.7. The lowest BCUT2D eigenvalue weighted by molar-refractivity contribution is 0.190. The van der Waals surface area contributed by atoms with Gasteiger partial charge in [0, 0.05) is 19.1 Å². The number of nitrogens with one attached hydrogen (secondary N) is 1. The number of hydrogen-bond donors (Lipinski definition) is 1. The van der Waals surface area contributed by atoms with Crippen molar-refractivity contribution in [1.29, 1.82) is 0 Å². The molecule has 140 valence electrons. The van der Waals surface area contributed by atoms with Crippen LogP contribution in [-0.2, 0) is 13.1 Å². The Morgan fingerprint density at radius 2 is 1.69 bits per heavy atom. The summed E-state index contributed by atoms with van der Waals surface area (Å²) in [6.07, 6.45) is 2.32. The van der Waals surface area contributed by atoms with E-state index in [1.54, 1.807) is 0 Å². The van der Waals surface area contributed by atoms with E-state index in [1.165, 1.54) is 5.56 Å². The lowest BCUT2D eigenvalue weighted by Gasteiger charge is -2.32. The maximum atomic E-state index is 6.29. The second-order valence-corrected chi connectivity index (χ2v) is 7.55. The van der Waals surface area contributed by atoms with Crippen molar-refractivity contribution in [3.63, 3.8) is 0 Å². The summed E-state index contributed by atoms with van der Waals surface area (Å²) in [4.78, 5) is 2.53. The zero-order chi connectivity index (χ0) is 18.4. The number of nitrogens with zero attached hydrogens (tertiary/aromatic N) is 1. The maximum absolute atomic E-state index is 6.29. The normalized spacial score (nSPS) is 16.0. The molecule has 0 aliphatic carbocycles. The maximum Gasteiger partial charge on any atom is 0.156 e. The SMILES string of the molecule is CCOc1c(Cl)cc(CNC2CCN(Cc3ccccc3)CC2)cc1Cl. The number of likely N-dealkylation sites (tertiary alicyclic amines) is 1. The number of ether oxygens (including phenoxy) is 1.